The zero-order valence-electron chi connectivity index (χ0n) is 33.8. The Labute approximate surface area is 294 Å². The summed E-state index contributed by atoms with van der Waals surface area (Å²) in [5.74, 6) is 0.824. The molecule has 5 N–H and O–H groups in total. The van der Waals surface area contributed by atoms with Crippen molar-refractivity contribution in [1.82, 2.24) is 10.2 Å². The largest absolute Gasteiger partial charge is 0.358 e. The van der Waals surface area contributed by atoms with Crippen LogP contribution in [0.25, 0.3) is 0 Å². The van der Waals surface area contributed by atoms with Crippen LogP contribution in [0.4, 0.5) is 4.39 Å². The van der Waals surface area contributed by atoms with E-state index in [1.54, 1.807) is 19.2 Å². The molecular weight excluding hydrogens is 579 g/mol. The highest BCUT2D eigenvalue weighted by molar-refractivity contribution is 5.33. The number of nitrogens with two attached hydrogens (primary N) is 2. The van der Waals surface area contributed by atoms with Gasteiger partial charge in [-0.2, -0.15) is 0 Å². The van der Waals surface area contributed by atoms with Gasteiger partial charge in [-0.1, -0.05) is 139 Å². The fourth-order valence-corrected chi connectivity index (χ4v) is 3.97. The second-order valence-corrected chi connectivity index (χ2v) is 11.2. The Morgan fingerprint density at radius 1 is 0.872 bits per heavy atom. The monoisotopic (exact) mass is 659 g/mol. The molecule has 2 atom stereocenters. The normalized spacial score (nSPS) is 10.6. The van der Waals surface area contributed by atoms with Gasteiger partial charge in [0.2, 0.25) is 0 Å². The molecule has 5 heteroatoms. The van der Waals surface area contributed by atoms with Gasteiger partial charge < -0.3 is 21.7 Å². The number of hydrogen-bond donors (Lipinski definition) is 3. The van der Waals surface area contributed by atoms with Crippen LogP contribution >= 0.6 is 0 Å². The van der Waals surface area contributed by atoms with Crippen molar-refractivity contribution in [2.75, 3.05) is 13.7 Å². The fourth-order valence-electron chi connectivity index (χ4n) is 3.97. The number of aryl methyl sites for hydroxylation is 2. The van der Waals surface area contributed by atoms with Crippen LogP contribution in [0, 0.1) is 24.6 Å². The minimum absolute atomic E-state index is 0.0885. The summed E-state index contributed by atoms with van der Waals surface area (Å²) in [6.07, 6.45) is 6.08. The summed E-state index contributed by atoms with van der Waals surface area (Å²) >= 11 is 0. The predicted molar refractivity (Wildman–Crippen MR) is 215 cm³/mol. The van der Waals surface area contributed by atoms with Gasteiger partial charge in [0, 0.05) is 18.4 Å². The molecule has 4 nitrogen and oxygen atoms in total. The van der Waals surface area contributed by atoms with Crippen molar-refractivity contribution < 1.29 is 4.39 Å². The Morgan fingerprint density at radius 3 is 1.66 bits per heavy atom. The van der Waals surface area contributed by atoms with Crippen molar-refractivity contribution in [3.05, 3.63) is 108 Å². The van der Waals surface area contributed by atoms with Gasteiger partial charge in [-0.15, -0.1) is 13.2 Å². The van der Waals surface area contributed by atoms with E-state index in [9.17, 15) is 4.39 Å². The molecule has 0 fully saturated rings. The fraction of sp³-hybridized carbons (Fsp3) is 0.571. The molecule has 0 aromatic heterocycles. The van der Waals surface area contributed by atoms with Crippen LogP contribution < -0.4 is 16.8 Å². The van der Waals surface area contributed by atoms with Gasteiger partial charge >= 0.3 is 0 Å². The lowest BCUT2D eigenvalue weighted by Gasteiger charge is -2.39. The van der Waals surface area contributed by atoms with Crippen LogP contribution in [0.2, 0.25) is 0 Å². The van der Waals surface area contributed by atoms with E-state index in [2.05, 4.69) is 95.8 Å². The molecule has 1 unspecified atom stereocenters. The summed E-state index contributed by atoms with van der Waals surface area (Å²) in [5, 5.41) is 2.71. The molecule has 47 heavy (non-hydrogen) atoms. The summed E-state index contributed by atoms with van der Waals surface area (Å²) in [6, 6.07) is 13.9. The second kappa shape index (κ2) is 36.1. The van der Waals surface area contributed by atoms with E-state index in [-0.39, 0.29) is 17.9 Å². The average molecular weight is 659 g/mol. The Balaban J connectivity index is -0.000000190. The third-order valence-corrected chi connectivity index (χ3v) is 6.19. The Hall–Kier alpha value is -2.73. The van der Waals surface area contributed by atoms with Crippen LogP contribution in [0.15, 0.2) is 80.1 Å². The van der Waals surface area contributed by atoms with Gasteiger partial charge in [0.1, 0.15) is 5.82 Å². The maximum atomic E-state index is 13.7. The van der Waals surface area contributed by atoms with Gasteiger partial charge in [0.25, 0.3) is 0 Å². The molecule has 0 saturated heterocycles. The number of rotatable bonds is 11. The van der Waals surface area contributed by atoms with Crippen LogP contribution in [-0.4, -0.2) is 30.7 Å². The summed E-state index contributed by atoms with van der Waals surface area (Å²) in [7, 11) is 1.81. The highest BCUT2D eigenvalue weighted by atomic mass is 19.1. The first-order chi connectivity index (χ1) is 22.2. The van der Waals surface area contributed by atoms with E-state index in [1.807, 2.05) is 74.5 Å². The summed E-state index contributed by atoms with van der Waals surface area (Å²) in [6.45, 7) is 43.5. The first kappa shape index (κ1) is 53.7. The molecule has 0 aliphatic heterocycles. The van der Waals surface area contributed by atoms with E-state index >= 15 is 0 Å². The molecule has 0 heterocycles. The molecule has 2 aromatic rings. The van der Waals surface area contributed by atoms with Crippen molar-refractivity contribution in [1.29, 1.82) is 0 Å². The smallest absolute Gasteiger partial charge is 0.123 e. The molecule has 0 amide bonds. The van der Waals surface area contributed by atoms with E-state index < -0.39 is 0 Å². The van der Waals surface area contributed by atoms with Crippen LogP contribution in [-0.2, 0) is 12.8 Å². The van der Waals surface area contributed by atoms with Crippen molar-refractivity contribution in [2.45, 2.75) is 135 Å². The van der Waals surface area contributed by atoms with Crippen LogP contribution in [0.1, 0.15) is 125 Å². The minimum atomic E-state index is -0.233. The molecule has 0 aliphatic carbocycles. The lowest BCUT2D eigenvalue weighted by molar-refractivity contribution is 0.238. The molecule has 0 spiro atoms. The van der Waals surface area contributed by atoms with Crippen molar-refractivity contribution >= 4 is 0 Å². The lowest BCUT2D eigenvalue weighted by atomic mass is 9.96. The minimum Gasteiger partial charge on any atom is -0.358 e. The van der Waals surface area contributed by atoms with E-state index in [1.165, 1.54) is 23.6 Å². The molecule has 2 aromatic carbocycles. The quantitative estimate of drug-likeness (QED) is 0.166. The standard InChI is InChI=1S/C19H26FN.C12H18.C3H9N.C2H8N2.3C2H6/c1-8-15(6)21(16(7)13(3)4)19(9-2)18-12-17(20)11-10-14(18)5;1-4-11-7-5-6-8-12(11)9-10(2)3;1-3(2)4;1-4-2-3;3*1-2/h8-13,15,19H,1-2,7H2,3-6H3;5-8,10H,4,9H2,1-3H3;3H,4H2,1-2H3;4H,2-3H2,1H3;3*1-2H3/t15?,19-;;;;;;/m0....../s1. The van der Waals surface area contributed by atoms with Crippen molar-refractivity contribution in [3.63, 3.8) is 0 Å². The Bertz CT molecular complexity index is 993. The Morgan fingerprint density at radius 2 is 1.32 bits per heavy atom. The summed E-state index contributed by atoms with van der Waals surface area (Å²) < 4.78 is 13.7. The third-order valence-electron chi connectivity index (χ3n) is 6.19. The van der Waals surface area contributed by atoms with Gasteiger partial charge in [-0.05, 0) is 86.0 Å². The molecular formula is C42H79FN4. The number of nitrogens with one attached hydrogen (secondary N) is 1. The highest BCUT2D eigenvalue weighted by Crippen LogP contribution is 2.33. The zero-order valence-corrected chi connectivity index (χ0v) is 33.8. The SMILES string of the molecule is C=CC(C)N(C(=C)C(C)C)[C@@H](C=C)c1cc(F)ccc1C.CC.CC.CC.CC(C)N.CCc1ccccc1CC(C)C.CNCN. The van der Waals surface area contributed by atoms with Crippen LogP contribution in [0.5, 0.6) is 0 Å². The van der Waals surface area contributed by atoms with Gasteiger partial charge in [-0.25, -0.2) is 4.39 Å². The number of nitrogens with zero attached hydrogens (tertiary/aromatic N) is 1. The maximum Gasteiger partial charge on any atom is 0.123 e. The van der Waals surface area contributed by atoms with E-state index in [0.29, 0.717) is 18.6 Å². The first-order valence-electron chi connectivity index (χ1n) is 17.9. The number of allylic oxidation sites excluding steroid dienone is 1. The van der Waals surface area contributed by atoms with Crippen molar-refractivity contribution in [3.8, 4) is 0 Å². The van der Waals surface area contributed by atoms with Crippen molar-refractivity contribution in [2.24, 2.45) is 23.3 Å². The predicted octanol–water partition coefficient (Wildman–Crippen LogP) is 11.4. The second-order valence-electron chi connectivity index (χ2n) is 11.2. The topological polar surface area (TPSA) is 67.3 Å². The van der Waals surface area contributed by atoms with Gasteiger partial charge in [0.15, 0.2) is 0 Å². The number of benzene rings is 2. The summed E-state index contributed by atoms with van der Waals surface area (Å²) in [5.41, 5.74) is 16.0. The Kier molecular flexibility index (Phi) is 41.3. The van der Waals surface area contributed by atoms with Gasteiger partial charge in [-0.3, -0.25) is 0 Å². The lowest BCUT2D eigenvalue weighted by Crippen LogP contribution is -2.35. The molecule has 0 radical (unpaired) electrons. The molecule has 274 valence electrons. The molecule has 2 rings (SSSR count). The number of hydrogen-bond acceptors (Lipinski definition) is 4. The molecule has 0 saturated carbocycles. The van der Waals surface area contributed by atoms with E-state index in [0.717, 1.165) is 29.2 Å². The maximum absolute atomic E-state index is 13.7. The molecule has 0 aliphatic rings. The van der Waals surface area contributed by atoms with E-state index in [4.69, 9.17) is 11.5 Å². The van der Waals surface area contributed by atoms with Gasteiger partial charge in [0.05, 0.1) is 6.04 Å². The zero-order chi connectivity index (χ0) is 38.1. The third kappa shape index (κ3) is 27.0. The number of halogens is 1. The average Bonchev–Trinajstić information content (AvgIpc) is 3.07. The first-order valence-corrected chi connectivity index (χ1v) is 17.9. The van der Waals surface area contributed by atoms with Crippen LogP contribution in [0.3, 0.4) is 0 Å². The highest BCUT2D eigenvalue weighted by Gasteiger charge is 2.25. The molecule has 0 bridgehead atoms. The summed E-state index contributed by atoms with van der Waals surface area (Å²) in [4.78, 5) is 2.16.